The Labute approximate surface area is 352 Å². The van der Waals surface area contributed by atoms with Crippen molar-refractivity contribution in [3.8, 4) is 61.9 Å². The molecule has 6 aromatic carbocycles. The Morgan fingerprint density at radius 2 is 1.10 bits per heavy atom. The SMILES string of the molecule is C1=CC2=C(CC1)C1(c3ccccc3O2)c2ccccc2-c2cc(-c3cc(-c4ccc(C56CC7C[C@H](C5)C[C@H](C7)C6)cc4)nc(-c4ccc(-c5ccccc5)cc4)n3)ccc21. The number of rotatable bonds is 5. The van der Waals surface area contributed by atoms with E-state index in [0.29, 0.717) is 5.41 Å². The molecule has 4 saturated carbocycles. The highest BCUT2D eigenvalue weighted by atomic mass is 16.5. The average Bonchev–Trinajstić information content (AvgIpc) is 3.59. The summed E-state index contributed by atoms with van der Waals surface area (Å²) in [5, 5.41) is 0. The Kier molecular flexibility index (Phi) is 7.53. The van der Waals surface area contributed by atoms with Crippen molar-refractivity contribution in [2.24, 2.45) is 17.8 Å². The van der Waals surface area contributed by atoms with E-state index in [1.807, 2.05) is 0 Å². The molecule has 3 heteroatoms. The van der Waals surface area contributed by atoms with Crippen molar-refractivity contribution in [2.75, 3.05) is 0 Å². The van der Waals surface area contributed by atoms with E-state index in [-0.39, 0.29) is 0 Å². The Hall–Kier alpha value is -6.32. The number of para-hydroxylation sites is 1. The maximum Gasteiger partial charge on any atom is 0.160 e. The van der Waals surface area contributed by atoms with Crippen molar-refractivity contribution >= 4 is 0 Å². The quantitative estimate of drug-likeness (QED) is 0.175. The zero-order chi connectivity index (χ0) is 39.4. The number of ether oxygens (including phenoxy) is 1. The minimum atomic E-state index is -0.416. The molecule has 7 aromatic rings. The molecule has 3 nitrogen and oxygen atoms in total. The van der Waals surface area contributed by atoms with Crippen LogP contribution in [0.5, 0.6) is 5.75 Å². The second kappa shape index (κ2) is 13.1. The fraction of sp³-hybridized carbons (Fsp3) is 0.228. The highest BCUT2D eigenvalue weighted by Gasteiger charge is 2.53. The van der Waals surface area contributed by atoms with E-state index < -0.39 is 5.41 Å². The van der Waals surface area contributed by atoms with Crippen molar-refractivity contribution < 1.29 is 4.74 Å². The summed E-state index contributed by atoms with van der Waals surface area (Å²) in [6, 6.07) is 55.9. The molecule has 1 aliphatic heterocycles. The summed E-state index contributed by atoms with van der Waals surface area (Å²) in [6.07, 6.45) is 14.9. The lowest BCUT2D eigenvalue weighted by atomic mass is 9.48. The van der Waals surface area contributed by atoms with Gasteiger partial charge in [-0.25, -0.2) is 9.97 Å². The number of hydrogen-bond acceptors (Lipinski definition) is 3. The van der Waals surface area contributed by atoms with Crippen LogP contribution >= 0.6 is 0 Å². The van der Waals surface area contributed by atoms with Crippen LogP contribution in [0.15, 0.2) is 175 Å². The number of hydrogen-bond donors (Lipinski definition) is 0. The van der Waals surface area contributed by atoms with E-state index in [4.69, 9.17) is 14.7 Å². The highest BCUT2D eigenvalue weighted by Crippen LogP contribution is 2.63. The van der Waals surface area contributed by atoms with Crippen molar-refractivity contribution in [1.29, 1.82) is 0 Å². The highest BCUT2D eigenvalue weighted by molar-refractivity contribution is 5.90. The number of benzene rings is 6. The van der Waals surface area contributed by atoms with Gasteiger partial charge in [-0.2, -0.15) is 0 Å². The zero-order valence-electron chi connectivity index (χ0n) is 33.8. The molecular weight excluding hydrogens is 729 g/mol. The largest absolute Gasteiger partial charge is 0.457 e. The Balaban J connectivity index is 0.954. The van der Waals surface area contributed by atoms with E-state index >= 15 is 0 Å². The van der Waals surface area contributed by atoms with Crippen LogP contribution in [0.3, 0.4) is 0 Å². The van der Waals surface area contributed by atoms with Crippen molar-refractivity contribution in [3.63, 3.8) is 0 Å². The Morgan fingerprint density at radius 3 is 1.87 bits per heavy atom. The summed E-state index contributed by atoms with van der Waals surface area (Å²) in [5.41, 5.74) is 16.8. The third-order valence-corrected chi connectivity index (χ3v) is 15.2. The first-order chi connectivity index (χ1) is 29.6. The topological polar surface area (TPSA) is 35.0 Å². The summed E-state index contributed by atoms with van der Waals surface area (Å²) in [4.78, 5) is 10.7. The van der Waals surface area contributed by atoms with Crippen LogP contribution in [0, 0.1) is 17.8 Å². The van der Waals surface area contributed by atoms with Crippen LogP contribution in [0.1, 0.15) is 73.6 Å². The number of fused-ring (bicyclic) bond motifs is 8. The standard InChI is InChI=1S/C57H46N2O/c1-2-10-39(11-3-1)40-18-20-42(21-19-40)55-58-51(41-22-25-44(26-23-41)56-33-36-28-37(34-56)30-38(29-36)35-56)32-52(59-55)43-24-27-48-46(31-43)45-12-4-5-13-47(45)57(48)49-14-6-8-16-53(49)60-54-17-9-7-15-50(54)57/h1-6,8-14,16-27,31-32,36-38H,7,15,28-30,33-35H2/t36-,37-,38?,56?,57?/m1/s1. The molecule has 0 radical (unpaired) electrons. The normalized spacial score (nSPS) is 25.1. The lowest BCUT2D eigenvalue weighted by molar-refractivity contribution is -0.00518. The fourth-order valence-electron chi connectivity index (χ4n) is 13.1. The van der Waals surface area contributed by atoms with Crippen LogP contribution < -0.4 is 4.74 Å². The minimum Gasteiger partial charge on any atom is -0.457 e. The number of allylic oxidation sites excluding steroid dienone is 3. The van der Waals surface area contributed by atoms with Gasteiger partial charge in [0.25, 0.3) is 0 Å². The first-order valence-corrected chi connectivity index (χ1v) is 22.2. The van der Waals surface area contributed by atoms with Crippen molar-refractivity contribution in [3.05, 3.63) is 197 Å². The molecule has 0 amide bonds. The molecule has 6 aliphatic carbocycles. The van der Waals surface area contributed by atoms with Gasteiger partial charge in [-0.05, 0) is 143 Å². The Morgan fingerprint density at radius 1 is 0.500 bits per heavy atom. The van der Waals surface area contributed by atoms with Crippen LogP contribution in [0.25, 0.3) is 56.2 Å². The molecule has 4 fully saturated rings. The lowest BCUT2D eigenvalue weighted by Crippen LogP contribution is -2.48. The van der Waals surface area contributed by atoms with Crippen LogP contribution in [-0.4, -0.2) is 9.97 Å². The summed E-state index contributed by atoms with van der Waals surface area (Å²) in [5.74, 6) is 5.43. The van der Waals surface area contributed by atoms with Gasteiger partial charge in [0.05, 0.1) is 16.8 Å². The summed E-state index contributed by atoms with van der Waals surface area (Å²) in [7, 11) is 0. The van der Waals surface area contributed by atoms with Crippen molar-refractivity contribution in [2.45, 2.75) is 62.2 Å². The molecule has 290 valence electrons. The van der Waals surface area contributed by atoms with E-state index in [2.05, 4.69) is 164 Å². The Bertz CT molecular complexity index is 2890. The summed E-state index contributed by atoms with van der Waals surface area (Å²) in [6.45, 7) is 0. The molecule has 1 spiro atoms. The zero-order valence-corrected chi connectivity index (χ0v) is 33.8. The van der Waals surface area contributed by atoms with E-state index in [9.17, 15) is 0 Å². The van der Waals surface area contributed by atoms with Gasteiger partial charge in [-0.3, -0.25) is 0 Å². The lowest BCUT2D eigenvalue weighted by Gasteiger charge is -2.57. The average molecular weight is 775 g/mol. The molecular formula is C57H46N2O. The molecule has 0 N–H and O–H groups in total. The smallest absolute Gasteiger partial charge is 0.160 e. The minimum absolute atomic E-state index is 0.365. The second-order valence-corrected chi connectivity index (χ2v) is 18.6. The van der Waals surface area contributed by atoms with E-state index in [1.54, 1.807) is 5.56 Å². The maximum atomic E-state index is 6.63. The summed E-state index contributed by atoms with van der Waals surface area (Å²) < 4.78 is 6.63. The second-order valence-electron chi connectivity index (χ2n) is 18.6. The van der Waals surface area contributed by atoms with Gasteiger partial charge >= 0.3 is 0 Å². The van der Waals surface area contributed by atoms with E-state index in [0.717, 1.165) is 76.0 Å². The predicted octanol–water partition coefficient (Wildman–Crippen LogP) is 13.9. The maximum absolute atomic E-state index is 6.63. The van der Waals surface area contributed by atoms with Gasteiger partial charge in [0.15, 0.2) is 5.82 Å². The third-order valence-electron chi connectivity index (χ3n) is 15.2. The van der Waals surface area contributed by atoms with Gasteiger partial charge < -0.3 is 4.74 Å². The fourth-order valence-corrected chi connectivity index (χ4v) is 13.1. The van der Waals surface area contributed by atoms with Crippen LogP contribution in [0.4, 0.5) is 0 Å². The molecule has 14 rings (SSSR count). The number of nitrogens with zero attached hydrogens (tertiary/aromatic N) is 2. The van der Waals surface area contributed by atoms with Gasteiger partial charge in [-0.15, -0.1) is 0 Å². The van der Waals surface area contributed by atoms with E-state index in [1.165, 1.54) is 83.0 Å². The molecule has 4 bridgehead atoms. The molecule has 1 atom stereocenters. The molecule has 2 heterocycles. The monoisotopic (exact) mass is 774 g/mol. The van der Waals surface area contributed by atoms with Crippen LogP contribution in [-0.2, 0) is 10.8 Å². The molecule has 7 aliphatic rings. The predicted molar refractivity (Wildman–Crippen MR) is 241 cm³/mol. The van der Waals surface area contributed by atoms with Crippen LogP contribution in [0.2, 0.25) is 0 Å². The first kappa shape index (κ1) is 34.5. The molecule has 1 aromatic heterocycles. The molecule has 60 heavy (non-hydrogen) atoms. The summed E-state index contributed by atoms with van der Waals surface area (Å²) >= 11 is 0. The van der Waals surface area contributed by atoms with Gasteiger partial charge in [0.1, 0.15) is 11.5 Å². The van der Waals surface area contributed by atoms with Gasteiger partial charge in [0.2, 0.25) is 0 Å². The molecule has 1 unspecified atom stereocenters. The first-order valence-electron chi connectivity index (χ1n) is 22.2. The van der Waals surface area contributed by atoms with Gasteiger partial charge in [-0.1, -0.05) is 140 Å². The van der Waals surface area contributed by atoms with Gasteiger partial charge in [0, 0.05) is 22.3 Å². The molecule has 0 saturated heterocycles. The number of aromatic nitrogens is 2. The van der Waals surface area contributed by atoms with Crippen molar-refractivity contribution in [1.82, 2.24) is 9.97 Å². The third kappa shape index (κ3) is 5.14.